The predicted octanol–water partition coefficient (Wildman–Crippen LogP) is 0.319. The average molecular weight is 212 g/mol. The van der Waals surface area contributed by atoms with E-state index in [2.05, 4.69) is 15.2 Å². The van der Waals surface area contributed by atoms with E-state index >= 15 is 0 Å². The summed E-state index contributed by atoms with van der Waals surface area (Å²) < 4.78 is 1.10. The van der Waals surface area contributed by atoms with Crippen LogP contribution in [0.4, 0.5) is 4.79 Å². The molecule has 0 bridgehead atoms. The second-order valence-electron chi connectivity index (χ2n) is 2.84. The summed E-state index contributed by atoms with van der Waals surface area (Å²) >= 11 is 0. The quantitative estimate of drug-likeness (QED) is 0.402. The molecular formula is C8H16N6O. The van der Waals surface area contributed by atoms with Crippen LogP contribution < -0.4 is 0 Å². The Hall–Kier alpha value is -1.92. The molecule has 0 aromatic carbocycles. The number of rotatable bonds is 2. The van der Waals surface area contributed by atoms with E-state index in [1.54, 1.807) is 11.9 Å². The van der Waals surface area contributed by atoms with E-state index < -0.39 is 0 Å². The van der Waals surface area contributed by atoms with E-state index in [4.69, 9.17) is 0 Å². The minimum Gasteiger partial charge on any atom is -0.367 e. The lowest BCUT2D eigenvalue weighted by atomic mass is 10.9. The van der Waals surface area contributed by atoms with Crippen molar-refractivity contribution < 1.29 is 4.79 Å². The van der Waals surface area contributed by atoms with Crippen molar-refractivity contribution in [2.75, 3.05) is 21.1 Å². The Labute approximate surface area is 89.0 Å². The molecule has 7 heteroatoms. The van der Waals surface area contributed by atoms with Crippen molar-refractivity contribution in [3.05, 3.63) is 12.7 Å². The molecule has 15 heavy (non-hydrogen) atoms. The standard InChI is InChI=1S/C7H12N6O.CH4/c1-11(2)6-10-12(3)7(14)13-5-8-4-9-13;/h4-6H,1-3H3;1H4/b10-6-;. The lowest BCUT2D eigenvalue weighted by molar-refractivity contribution is 0.209. The van der Waals surface area contributed by atoms with Crippen molar-refractivity contribution in [1.29, 1.82) is 0 Å². The summed E-state index contributed by atoms with van der Waals surface area (Å²) in [7, 11) is 5.18. The largest absolute Gasteiger partial charge is 0.367 e. The minimum absolute atomic E-state index is 0. The van der Waals surface area contributed by atoms with Crippen LogP contribution in [-0.4, -0.2) is 58.2 Å². The molecule has 0 spiro atoms. The number of aromatic nitrogens is 3. The first-order valence-electron chi connectivity index (χ1n) is 3.94. The molecule has 0 fully saturated rings. The van der Waals surface area contributed by atoms with Crippen LogP contribution in [0.5, 0.6) is 0 Å². The van der Waals surface area contributed by atoms with Crippen LogP contribution >= 0.6 is 0 Å². The molecule has 84 valence electrons. The van der Waals surface area contributed by atoms with Gasteiger partial charge in [0.25, 0.3) is 0 Å². The molecule has 0 radical (unpaired) electrons. The van der Waals surface area contributed by atoms with Crippen molar-refractivity contribution in [2.24, 2.45) is 5.10 Å². The van der Waals surface area contributed by atoms with Gasteiger partial charge in [-0.1, -0.05) is 7.43 Å². The van der Waals surface area contributed by atoms with Gasteiger partial charge in [0.15, 0.2) is 0 Å². The van der Waals surface area contributed by atoms with Crippen molar-refractivity contribution in [2.45, 2.75) is 7.43 Å². The van der Waals surface area contributed by atoms with E-state index in [9.17, 15) is 4.79 Å². The molecule has 7 nitrogen and oxygen atoms in total. The van der Waals surface area contributed by atoms with Gasteiger partial charge in [-0.15, -0.1) is 0 Å². The Bertz CT molecular complexity index is 318. The fraction of sp³-hybridized carbons (Fsp3) is 0.500. The Morgan fingerprint density at radius 1 is 1.47 bits per heavy atom. The highest BCUT2D eigenvalue weighted by molar-refractivity contribution is 5.75. The smallest absolute Gasteiger partial charge is 0.366 e. The molecule has 0 aliphatic carbocycles. The van der Waals surface area contributed by atoms with Crippen molar-refractivity contribution in [1.82, 2.24) is 24.7 Å². The van der Waals surface area contributed by atoms with Crippen LogP contribution in [0.2, 0.25) is 0 Å². The van der Waals surface area contributed by atoms with Gasteiger partial charge >= 0.3 is 6.03 Å². The van der Waals surface area contributed by atoms with Gasteiger partial charge in [0.2, 0.25) is 0 Å². The Balaban J connectivity index is 0.00000196. The molecule has 0 atom stereocenters. The first-order valence-corrected chi connectivity index (χ1v) is 3.94. The van der Waals surface area contributed by atoms with Crippen LogP contribution in [0, 0.1) is 0 Å². The predicted molar refractivity (Wildman–Crippen MR) is 57.5 cm³/mol. The summed E-state index contributed by atoms with van der Waals surface area (Å²) in [6.07, 6.45) is 4.14. The number of hydrazone groups is 1. The lowest BCUT2D eigenvalue weighted by Gasteiger charge is -2.11. The molecule has 1 rings (SSSR count). The third kappa shape index (κ3) is 3.75. The van der Waals surface area contributed by atoms with Gasteiger partial charge in [-0.2, -0.15) is 14.9 Å². The van der Waals surface area contributed by atoms with Gasteiger partial charge in [0.05, 0.1) is 0 Å². The van der Waals surface area contributed by atoms with E-state index in [1.165, 1.54) is 24.0 Å². The maximum atomic E-state index is 11.5. The van der Waals surface area contributed by atoms with Gasteiger partial charge < -0.3 is 4.90 Å². The molecule has 1 aromatic heterocycles. The third-order valence-corrected chi connectivity index (χ3v) is 1.35. The molecule has 1 heterocycles. The number of nitrogens with zero attached hydrogens (tertiary/aromatic N) is 6. The van der Waals surface area contributed by atoms with E-state index in [0.717, 1.165) is 4.68 Å². The zero-order valence-corrected chi connectivity index (χ0v) is 8.32. The first kappa shape index (κ1) is 13.1. The molecular weight excluding hydrogens is 196 g/mol. The number of carbonyl (C=O) groups is 1. The van der Waals surface area contributed by atoms with Crippen molar-refractivity contribution in [3.63, 3.8) is 0 Å². The highest BCUT2D eigenvalue weighted by Gasteiger charge is 2.09. The van der Waals surface area contributed by atoms with Crippen LogP contribution in [0.1, 0.15) is 7.43 Å². The van der Waals surface area contributed by atoms with E-state index in [1.807, 2.05) is 14.1 Å². The Kier molecular flexibility index (Phi) is 5.00. The molecule has 1 aromatic rings. The highest BCUT2D eigenvalue weighted by Crippen LogP contribution is 1.90. The lowest BCUT2D eigenvalue weighted by Crippen LogP contribution is -2.28. The number of amides is 1. The summed E-state index contributed by atoms with van der Waals surface area (Å²) in [5, 5.41) is 8.74. The summed E-state index contributed by atoms with van der Waals surface area (Å²) in [5.41, 5.74) is 0. The van der Waals surface area contributed by atoms with E-state index in [0.29, 0.717) is 0 Å². The van der Waals surface area contributed by atoms with Crippen LogP contribution in [-0.2, 0) is 0 Å². The summed E-state index contributed by atoms with van der Waals surface area (Å²) in [6, 6.07) is -0.361. The van der Waals surface area contributed by atoms with Crippen LogP contribution in [0.3, 0.4) is 0 Å². The molecule has 0 aliphatic rings. The number of hydrogen-bond acceptors (Lipinski definition) is 4. The molecule has 0 saturated heterocycles. The molecule has 0 unspecified atom stereocenters. The molecule has 0 saturated carbocycles. The summed E-state index contributed by atoms with van der Waals surface area (Å²) in [5.74, 6) is 0. The van der Waals surface area contributed by atoms with E-state index in [-0.39, 0.29) is 13.5 Å². The fourth-order valence-electron chi connectivity index (χ4n) is 0.685. The van der Waals surface area contributed by atoms with Crippen LogP contribution in [0.15, 0.2) is 17.8 Å². The Morgan fingerprint density at radius 3 is 2.60 bits per heavy atom. The first-order chi connectivity index (χ1) is 6.61. The zero-order valence-electron chi connectivity index (χ0n) is 8.32. The second kappa shape index (κ2) is 5.74. The third-order valence-electron chi connectivity index (χ3n) is 1.35. The number of hydrogen-bond donors (Lipinski definition) is 0. The summed E-state index contributed by atoms with van der Waals surface area (Å²) in [4.78, 5) is 16.9. The normalized spacial score (nSPS) is 9.80. The van der Waals surface area contributed by atoms with Gasteiger partial charge in [0, 0.05) is 21.1 Å². The van der Waals surface area contributed by atoms with Crippen molar-refractivity contribution in [3.8, 4) is 0 Å². The maximum Gasteiger partial charge on any atom is 0.366 e. The maximum absolute atomic E-state index is 11.5. The topological polar surface area (TPSA) is 66.6 Å². The SMILES string of the molecule is C.CN(C)/C=N\N(C)C(=O)n1cncn1. The van der Waals surface area contributed by atoms with Gasteiger partial charge in [0.1, 0.15) is 19.0 Å². The molecule has 0 N–H and O–H groups in total. The monoisotopic (exact) mass is 212 g/mol. The van der Waals surface area contributed by atoms with Gasteiger partial charge in [-0.3, -0.25) is 0 Å². The highest BCUT2D eigenvalue weighted by atomic mass is 16.2. The summed E-state index contributed by atoms with van der Waals surface area (Å²) in [6.45, 7) is 0. The zero-order chi connectivity index (χ0) is 10.6. The molecule has 1 amide bonds. The van der Waals surface area contributed by atoms with Gasteiger partial charge in [-0.25, -0.2) is 14.8 Å². The fourth-order valence-corrected chi connectivity index (χ4v) is 0.685. The molecule has 0 aliphatic heterocycles. The number of carbonyl (C=O) groups excluding carboxylic acids is 1. The average Bonchev–Trinajstić information content (AvgIpc) is 2.65. The second-order valence-corrected chi connectivity index (χ2v) is 2.84. The van der Waals surface area contributed by atoms with Crippen LogP contribution in [0.25, 0.3) is 0 Å². The van der Waals surface area contributed by atoms with Crippen molar-refractivity contribution >= 4 is 12.4 Å². The Morgan fingerprint density at radius 2 is 2.13 bits per heavy atom. The van der Waals surface area contributed by atoms with Gasteiger partial charge in [-0.05, 0) is 0 Å². The minimum atomic E-state index is -0.361.